The van der Waals surface area contributed by atoms with Gasteiger partial charge in [-0.1, -0.05) is 60.7 Å². The molecule has 2 nitrogen and oxygen atoms in total. The first-order chi connectivity index (χ1) is 9.34. The molecule has 1 aliphatic rings. The van der Waals surface area contributed by atoms with Gasteiger partial charge < -0.3 is 4.42 Å². The lowest BCUT2D eigenvalue weighted by molar-refractivity contribution is 0.502. The SMILES string of the molecule is O=c1oc2c(cc1-c1ccccc1)C=CC=CC=C2.[H+]. The van der Waals surface area contributed by atoms with Crippen LogP contribution in [-0.2, 0) is 0 Å². The number of hydrogen-bond donors (Lipinski definition) is 0. The van der Waals surface area contributed by atoms with Gasteiger partial charge in [-0.3, -0.25) is 0 Å². The van der Waals surface area contributed by atoms with Crippen LogP contribution < -0.4 is 5.63 Å². The van der Waals surface area contributed by atoms with Crippen molar-refractivity contribution in [2.45, 2.75) is 0 Å². The number of allylic oxidation sites excluding steroid dienone is 4. The zero-order chi connectivity index (χ0) is 13.1. The Morgan fingerprint density at radius 3 is 2.42 bits per heavy atom. The first-order valence-electron chi connectivity index (χ1n) is 6.09. The summed E-state index contributed by atoms with van der Waals surface area (Å²) in [6.07, 6.45) is 11.3. The van der Waals surface area contributed by atoms with Crippen LogP contribution in [0.3, 0.4) is 0 Å². The maximum atomic E-state index is 12.0. The van der Waals surface area contributed by atoms with Gasteiger partial charge in [0.15, 0.2) is 0 Å². The van der Waals surface area contributed by atoms with Gasteiger partial charge >= 0.3 is 7.05 Å². The van der Waals surface area contributed by atoms with Crippen LogP contribution >= 0.6 is 0 Å². The van der Waals surface area contributed by atoms with Crippen molar-refractivity contribution in [3.63, 3.8) is 0 Å². The molecule has 0 saturated carbocycles. The largest absolute Gasteiger partial charge is 1.00 e. The molecule has 2 heteroatoms. The Labute approximate surface area is 112 Å². The Balaban J connectivity index is 0.00000147. The molecule has 2 aromatic rings. The van der Waals surface area contributed by atoms with Gasteiger partial charge in [-0.25, -0.2) is 4.79 Å². The van der Waals surface area contributed by atoms with Gasteiger partial charge in [-0.15, -0.1) is 0 Å². The standard InChI is InChI=1S/C17H12O2/c18-17-15(13-8-5-3-6-9-13)12-14-10-4-1-2-7-11-16(14)19-17/h1-12H/p+1. The van der Waals surface area contributed by atoms with Crippen LogP contribution in [0.25, 0.3) is 23.3 Å². The van der Waals surface area contributed by atoms with E-state index in [1.54, 1.807) is 6.08 Å². The maximum Gasteiger partial charge on any atom is 1.00 e. The molecule has 0 atom stereocenters. The van der Waals surface area contributed by atoms with E-state index in [1.807, 2.05) is 66.8 Å². The van der Waals surface area contributed by atoms with Crippen LogP contribution in [0.1, 0.15) is 12.8 Å². The molecular formula is C17H13O2+. The highest BCUT2D eigenvalue weighted by molar-refractivity contribution is 5.71. The van der Waals surface area contributed by atoms with Crippen LogP contribution in [-0.4, -0.2) is 0 Å². The number of benzene rings is 1. The summed E-state index contributed by atoms with van der Waals surface area (Å²) in [6, 6.07) is 11.4. The third-order valence-corrected chi connectivity index (χ3v) is 2.95. The van der Waals surface area contributed by atoms with E-state index < -0.39 is 0 Å². The molecule has 92 valence electrons. The zero-order valence-corrected chi connectivity index (χ0v) is 10.2. The molecular weight excluding hydrogens is 236 g/mol. The minimum Gasteiger partial charge on any atom is -0.422 e. The molecule has 0 saturated heterocycles. The molecule has 1 aliphatic carbocycles. The van der Waals surface area contributed by atoms with Gasteiger partial charge in [0.1, 0.15) is 5.76 Å². The molecule has 0 unspecified atom stereocenters. The van der Waals surface area contributed by atoms with Crippen LogP contribution in [0.2, 0.25) is 0 Å². The predicted octanol–water partition coefficient (Wildman–Crippen LogP) is 4.02. The van der Waals surface area contributed by atoms with Crippen molar-refractivity contribution in [3.8, 4) is 11.1 Å². The third-order valence-electron chi connectivity index (χ3n) is 2.95. The molecule has 1 aromatic heterocycles. The Morgan fingerprint density at radius 2 is 1.63 bits per heavy atom. The molecule has 0 spiro atoms. The van der Waals surface area contributed by atoms with Gasteiger partial charge in [0, 0.05) is 5.56 Å². The normalized spacial score (nSPS) is 12.8. The van der Waals surface area contributed by atoms with E-state index in [0.29, 0.717) is 11.3 Å². The van der Waals surface area contributed by atoms with E-state index in [4.69, 9.17) is 4.42 Å². The van der Waals surface area contributed by atoms with Crippen molar-refractivity contribution in [1.29, 1.82) is 0 Å². The van der Waals surface area contributed by atoms with Crippen LogP contribution in [0, 0.1) is 0 Å². The maximum absolute atomic E-state index is 12.0. The lowest BCUT2D eigenvalue weighted by Crippen LogP contribution is -2.05. The number of rotatable bonds is 1. The summed E-state index contributed by atoms with van der Waals surface area (Å²) in [5, 5.41) is 0. The van der Waals surface area contributed by atoms with Gasteiger partial charge in [0.2, 0.25) is 0 Å². The first kappa shape index (κ1) is 11.5. The van der Waals surface area contributed by atoms with Crippen LogP contribution in [0.4, 0.5) is 0 Å². The second-order valence-electron chi connectivity index (χ2n) is 4.24. The van der Waals surface area contributed by atoms with Gasteiger partial charge in [-0.05, 0) is 17.7 Å². The van der Waals surface area contributed by atoms with E-state index >= 15 is 0 Å². The topological polar surface area (TPSA) is 30.2 Å². The van der Waals surface area contributed by atoms with Gasteiger partial charge in [0.05, 0.1) is 5.56 Å². The highest BCUT2D eigenvalue weighted by atomic mass is 16.4. The molecule has 0 aliphatic heterocycles. The summed E-state index contributed by atoms with van der Waals surface area (Å²) in [6.45, 7) is 0. The van der Waals surface area contributed by atoms with E-state index in [-0.39, 0.29) is 7.05 Å². The monoisotopic (exact) mass is 249 g/mol. The predicted molar refractivity (Wildman–Crippen MR) is 78.7 cm³/mol. The van der Waals surface area contributed by atoms with E-state index in [0.717, 1.165) is 11.1 Å². The fourth-order valence-corrected chi connectivity index (χ4v) is 2.01. The molecule has 1 aromatic carbocycles. The minimum absolute atomic E-state index is 0. The number of fused-ring (bicyclic) bond motifs is 1. The Kier molecular flexibility index (Phi) is 2.99. The molecule has 0 fully saturated rings. The first-order valence-corrected chi connectivity index (χ1v) is 6.09. The Bertz CT molecular complexity index is 737. The smallest absolute Gasteiger partial charge is 0.422 e. The lowest BCUT2D eigenvalue weighted by atomic mass is 10.0. The minimum atomic E-state index is -0.312. The van der Waals surface area contributed by atoms with Crippen molar-refractivity contribution >= 4 is 12.2 Å². The Hall–Kier alpha value is -2.61. The van der Waals surface area contributed by atoms with E-state index in [1.165, 1.54) is 0 Å². The summed E-state index contributed by atoms with van der Waals surface area (Å²) in [5.74, 6) is 0.588. The van der Waals surface area contributed by atoms with Gasteiger partial charge in [0.25, 0.3) is 0 Å². The molecule has 0 radical (unpaired) electrons. The molecule has 1 heterocycles. The van der Waals surface area contributed by atoms with E-state index in [9.17, 15) is 4.79 Å². The van der Waals surface area contributed by atoms with Crippen molar-refractivity contribution in [2.75, 3.05) is 0 Å². The van der Waals surface area contributed by atoms with Crippen molar-refractivity contribution in [3.05, 3.63) is 82.4 Å². The zero-order valence-electron chi connectivity index (χ0n) is 11.2. The summed E-state index contributed by atoms with van der Waals surface area (Å²) < 4.78 is 5.39. The quantitative estimate of drug-likeness (QED) is 0.764. The third kappa shape index (κ3) is 2.33. The number of hydrogen-bond acceptors (Lipinski definition) is 2. The lowest BCUT2D eigenvalue weighted by Gasteiger charge is -2.05. The highest BCUT2D eigenvalue weighted by Gasteiger charge is 2.09. The fourth-order valence-electron chi connectivity index (χ4n) is 2.01. The summed E-state index contributed by atoms with van der Waals surface area (Å²) >= 11 is 0. The van der Waals surface area contributed by atoms with Crippen LogP contribution in [0.5, 0.6) is 0 Å². The summed E-state index contributed by atoms with van der Waals surface area (Å²) in [4.78, 5) is 12.0. The summed E-state index contributed by atoms with van der Waals surface area (Å²) in [5.41, 5.74) is 2.04. The van der Waals surface area contributed by atoms with E-state index in [2.05, 4.69) is 0 Å². The van der Waals surface area contributed by atoms with Gasteiger partial charge in [-0.2, -0.15) is 0 Å². The second kappa shape index (κ2) is 4.94. The molecule has 0 amide bonds. The average Bonchev–Trinajstić information content (AvgIpc) is 2.42. The van der Waals surface area contributed by atoms with Crippen LogP contribution in [0.15, 0.2) is 69.9 Å². The fraction of sp³-hybridized carbons (Fsp3) is 0. The molecule has 0 N–H and O–H groups in total. The molecule has 3 rings (SSSR count). The summed E-state index contributed by atoms with van der Waals surface area (Å²) in [7, 11) is 0. The van der Waals surface area contributed by atoms with Crippen molar-refractivity contribution in [1.82, 2.24) is 0 Å². The second-order valence-corrected chi connectivity index (χ2v) is 4.24. The molecule has 0 bridgehead atoms. The average molecular weight is 249 g/mol. The van der Waals surface area contributed by atoms with Crippen molar-refractivity contribution in [2.24, 2.45) is 0 Å². The van der Waals surface area contributed by atoms with Crippen molar-refractivity contribution < 1.29 is 5.84 Å². The highest BCUT2D eigenvalue weighted by Crippen LogP contribution is 2.21. The Morgan fingerprint density at radius 1 is 0.895 bits per heavy atom. The molecule has 19 heavy (non-hydrogen) atoms.